The molecule has 1 saturated heterocycles. The van der Waals surface area contributed by atoms with Gasteiger partial charge in [0.1, 0.15) is 0 Å². The lowest BCUT2D eigenvalue weighted by Gasteiger charge is -2.29. The van der Waals surface area contributed by atoms with Crippen molar-refractivity contribution in [2.75, 3.05) is 21.3 Å². The van der Waals surface area contributed by atoms with Crippen molar-refractivity contribution in [3.8, 4) is 0 Å². The third kappa shape index (κ3) is 2.47. The number of rotatable bonds is 3. The van der Waals surface area contributed by atoms with Crippen LogP contribution in [0, 0.1) is 11.8 Å². The van der Waals surface area contributed by atoms with Crippen molar-refractivity contribution in [3.05, 3.63) is 0 Å². The summed E-state index contributed by atoms with van der Waals surface area (Å²) in [5.74, 6) is -2.91. The van der Waals surface area contributed by atoms with E-state index in [0.717, 1.165) is 19.3 Å². The highest BCUT2D eigenvalue weighted by molar-refractivity contribution is 6.05. The highest BCUT2D eigenvalue weighted by Crippen LogP contribution is 2.49. The summed E-state index contributed by atoms with van der Waals surface area (Å²) in [6.45, 7) is 0. The third-order valence-corrected chi connectivity index (χ3v) is 4.70. The summed E-state index contributed by atoms with van der Waals surface area (Å²) in [5, 5.41) is 0. The highest BCUT2D eigenvalue weighted by atomic mass is 16.6. The molecule has 1 saturated carbocycles. The summed E-state index contributed by atoms with van der Waals surface area (Å²) in [6, 6.07) is 0. The number of hydrogen-bond acceptors (Lipinski definition) is 7. The van der Waals surface area contributed by atoms with Crippen LogP contribution in [0.5, 0.6) is 0 Å². The van der Waals surface area contributed by atoms with Gasteiger partial charge in [0.15, 0.2) is 6.10 Å². The zero-order chi connectivity index (χ0) is 16.3. The fourth-order valence-corrected chi connectivity index (χ4v) is 3.70. The van der Waals surface area contributed by atoms with E-state index in [1.54, 1.807) is 0 Å². The maximum Gasteiger partial charge on any atom is 0.350 e. The van der Waals surface area contributed by atoms with Gasteiger partial charge in [-0.25, -0.2) is 14.4 Å². The monoisotopic (exact) mass is 314 g/mol. The molecule has 0 aromatic rings. The number of fused-ring (bicyclic) bond motifs is 1. The number of methoxy groups -OCH3 is 3. The Hall–Kier alpha value is -1.63. The van der Waals surface area contributed by atoms with Crippen molar-refractivity contribution in [2.24, 2.45) is 11.8 Å². The van der Waals surface area contributed by atoms with Gasteiger partial charge in [-0.15, -0.1) is 0 Å². The Morgan fingerprint density at radius 1 is 0.909 bits per heavy atom. The lowest BCUT2D eigenvalue weighted by atomic mass is 9.76. The van der Waals surface area contributed by atoms with Crippen LogP contribution < -0.4 is 0 Å². The van der Waals surface area contributed by atoms with Crippen molar-refractivity contribution < 1.29 is 33.3 Å². The molecule has 0 bridgehead atoms. The summed E-state index contributed by atoms with van der Waals surface area (Å²) in [5.41, 5.74) is -1.88. The van der Waals surface area contributed by atoms with Gasteiger partial charge >= 0.3 is 17.9 Å². The van der Waals surface area contributed by atoms with Gasteiger partial charge in [-0.05, 0) is 12.8 Å². The van der Waals surface area contributed by atoms with E-state index in [9.17, 15) is 14.4 Å². The Morgan fingerprint density at radius 2 is 1.50 bits per heavy atom. The van der Waals surface area contributed by atoms with E-state index in [0.29, 0.717) is 12.8 Å². The Morgan fingerprint density at radius 3 is 2.05 bits per heavy atom. The van der Waals surface area contributed by atoms with Gasteiger partial charge in [0, 0.05) is 11.8 Å². The normalized spacial score (nSPS) is 29.9. The largest absolute Gasteiger partial charge is 0.467 e. The van der Waals surface area contributed by atoms with Crippen LogP contribution in [0.4, 0.5) is 0 Å². The second kappa shape index (κ2) is 6.64. The molecule has 3 atom stereocenters. The lowest BCUT2D eigenvalue weighted by Crippen LogP contribution is -2.53. The maximum atomic E-state index is 12.4. The Labute approximate surface area is 129 Å². The van der Waals surface area contributed by atoms with Crippen molar-refractivity contribution in [2.45, 2.75) is 43.8 Å². The number of esters is 3. The number of hydrogen-bond donors (Lipinski definition) is 0. The number of carbonyl (C=O) groups excluding carboxylic acids is 3. The summed E-state index contributed by atoms with van der Waals surface area (Å²) in [4.78, 5) is 36.8. The molecule has 0 N–H and O–H groups in total. The van der Waals surface area contributed by atoms with Crippen molar-refractivity contribution >= 4 is 17.9 Å². The molecule has 0 radical (unpaired) electrons. The molecule has 2 aliphatic rings. The molecule has 2 fully saturated rings. The number of carbonyl (C=O) groups is 3. The van der Waals surface area contributed by atoms with Gasteiger partial charge in [-0.3, -0.25) is 0 Å². The van der Waals surface area contributed by atoms with E-state index in [-0.39, 0.29) is 5.92 Å². The maximum absolute atomic E-state index is 12.4. The molecule has 22 heavy (non-hydrogen) atoms. The van der Waals surface area contributed by atoms with E-state index < -0.39 is 35.5 Å². The fraction of sp³-hybridized carbons (Fsp3) is 0.800. The molecule has 0 aromatic heterocycles. The predicted octanol–water partition coefficient (Wildman–Crippen LogP) is 0.839. The van der Waals surface area contributed by atoms with Crippen LogP contribution in [0.2, 0.25) is 0 Å². The minimum Gasteiger partial charge on any atom is -0.467 e. The molecule has 2 rings (SSSR count). The molecule has 0 unspecified atom stereocenters. The molecule has 124 valence electrons. The van der Waals surface area contributed by atoms with Crippen LogP contribution in [0.15, 0.2) is 0 Å². The van der Waals surface area contributed by atoms with E-state index in [4.69, 9.17) is 18.9 Å². The minimum absolute atomic E-state index is 0.256. The predicted molar refractivity (Wildman–Crippen MR) is 73.7 cm³/mol. The van der Waals surface area contributed by atoms with Crippen LogP contribution >= 0.6 is 0 Å². The third-order valence-electron chi connectivity index (χ3n) is 4.70. The molecule has 1 aliphatic carbocycles. The molecule has 1 aliphatic heterocycles. The first-order chi connectivity index (χ1) is 10.5. The van der Waals surface area contributed by atoms with Gasteiger partial charge in [-0.1, -0.05) is 19.3 Å². The van der Waals surface area contributed by atoms with Gasteiger partial charge in [0.2, 0.25) is 0 Å². The highest BCUT2D eigenvalue weighted by Gasteiger charge is 2.67. The smallest absolute Gasteiger partial charge is 0.350 e. The number of ether oxygens (including phenoxy) is 4. The van der Waals surface area contributed by atoms with Crippen molar-refractivity contribution in [3.63, 3.8) is 0 Å². The molecule has 0 spiro atoms. The average Bonchev–Trinajstić information content (AvgIpc) is 2.71. The first kappa shape index (κ1) is 16.7. The van der Waals surface area contributed by atoms with Crippen LogP contribution in [0.25, 0.3) is 0 Å². The summed E-state index contributed by atoms with van der Waals surface area (Å²) >= 11 is 0. The van der Waals surface area contributed by atoms with E-state index >= 15 is 0 Å². The second-order valence-corrected chi connectivity index (χ2v) is 5.69. The average molecular weight is 314 g/mol. The van der Waals surface area contributed by atoms with Crippen LogP contribution in [0.3, 0.4) is 0 Å². The zero-order valence-corrected chi connectivity index (χ0v) is 13.1. The van der Waals surface area contributed by atoms with Crippen LogP contribution in [-0.4, -0.2) is 50.9 Å². The molecule has 0 aromatic carbocycles. The second-order valence-electron chi connectivity index (χ2n) is 5.69. The Balaban J connectivity index is 2.49. The van der Waals surface area contributed by atoms with Crippen molar-refractivity contribution in [1.29, 1.82) is 0 Å². The fourth-order valence-electron chi connectivity index (χ4n) is 3.70. The molecule has 1 heterocycles. The molecule has 7 nitrogen and oxygen atoms in total. The summed E-state index contributed by atoms with van der Waals surface area (Å²) in [6.07, 6.45) is 3.10. The minimum atomic E-state index is -1.88. The lowest BCUT2D eigenvalue weighted by molar-refractivity contribution is -0.193. The first-order valence-corrected chi connectivity index (χ1v) is 7.45. The SMILES string of the molecule is COC(=O)[C@H]1OC(C(=O)OC)(C(=O)OC)[C@H]2CCCCC[C@@H]12. The topological polar surface area (TPSA) is 88.1 Å². The summed E-state index contributed by atoms with van der Waals surface area (Å²) in [7, 11) is 3.63. The van der Waals surface area contributed by atoms with Crippen LogP contribution in [0.1, 0.15) is 32.1 Å². The van der Waals surface area contributed by atoms with Gasteiger partial charge in [-0.2, -0.15) is 0 Å². The summed E-state index contributed by atoms with van der Waals surface area (Å²) < 4.78 is 20.1. The molecule has 7 heteroatoms. The van der Waals surface area contributed by atoms with Crippen LogP contribution in [-0.2, 0) is 33.3 Å². The molecular weight excluding hydrogens is 292 g/mol. The standard InChI is InChI=1S/C15H22O7/c1-19-12(16)11-9-7-5-4-6-8-10(9)15(22-11,13(17)20-2)14(18)21-3/h9-11H,4-8H2,1-3H3/t9-,10+,11+/m1/s1. The van der Waals surface area contributed by atoms with Crippen molar-refractivity contribution in [1.82, 2.24) is 0 Å². The Bertz CT molecular complexity index is 443. The van der Waals surface area contributed by atoms with E-state index in [2.05, 4.69) is 0 Å². The van der Waals surface area contributed by atoms with Gasteiger partial charge in [0.05, 0.1) is 21.3 Å². The van der Waals surface area contributed by atoms with E-state index in [1.807, 2.05) is 0 Å². The molecule has 0 amide bonds. The quantitative estimate of drug-likeness (QED) is 0.433. The first-order valence-electron chi connectivity index (χ1n) is 7.45. The van der Waals surface area contributed by atoms with E-state index in [1.165, 1.54) is 21.3 Å². The molecular formula is C15H22O7. The van der Waals surface area contributed by atoms with Gasteiger partial charge in [0.25, 0.3) is 5.60 Å². The van der Waals surface area contributed by atoms with Gasteiger partial charge < -0.3 is 18.9 Å². The Kier molecular flexibility index (Phi) is 5.05. The zero-order valence-electron chi connectivity index (χ0n) is 13.1.